The summed E-state index contributed by atoms with van der Waals surface area (Å²) in [7, 11) is 0. The van der Waals surface area contributed by atoms with E-state index in [1.165, 1.54) is 5.56 Å². The number of aromatic nitrogens is 2. The fourth-order valence-electron chi connectivity index (χ4n) is 4.10. The van der Waals surface area contributed by atoms with Gasteiger partial charge in [0.05, 0.1) is 11.6 Å². The van der Waals surface area contributed by atoms with E-state index < -0.39 is 0 Å². The van der Waals surface area contributed by atoms with Gasteiger partial charge in [0.25, 0.3) is 0 Å². The Morgan fingerprint density at radius 2 is 1.94 bits per heavy atom. The number of rotatable bonds is 8. The molecule has 8 heteroatoms. The molecule has 1 aromatic heterocycles. The molecule has 0 spiro atoms. The third-order valence-corrected chi connectivity index (χ3v) is 6.60. The summed E-state index contributed by atoms with van der Waals surface area (Å²) >= 11 is 12.2. The fraction of sp³-hybridized carbons (Fsp3) is 0.400. The second-order valence-corrected chi connectivity index (χ2v) is 9.46. The Balaban J connectivity index is 1.22. The van der Waals surface area contributed by atoms with Gasteiger partial charge in [-0.1, -0.05) is 58.7 Å². The molecule has 4 rings (SSSR count). The number of hydrogen-bond acceptors (Lipinski definition) is 5. The predicted molar refractivity (Wildman–Crippen MR) is 130 cm³/mol. The Hall–Kier alpha value is -2.41. The molecular weight excluding hydrogens is 459 g/mol. The van der Waals surface area contributed by atoms with Crippen LogP contribution in [-0.4, -0.2) is 40.1 Å². The largest absolute Gasteiger partial charge is 0.353 e. The Kier molecular flexibility index (Phi) is 8.02. The van der Waals surface area contributed by atoms with Crippen molar-refractivity contribution in [1.82, 2.24) is 20.4 Å². The summed E-state index contributed by atoms with van der Waals surface area (Å²) in [6.07, 6.45) is 3.54. The van der Waals surface area contributed by atoms with Crippen molar-refractivity contribution in [2.75, 3.05) is 13.1 Å². The van der Waals surface area contributed by atoms with Gasteiger partial charge in [0.2, 0.25) is 17.6 Å². The van der Waals surface area contributed by atoms with Crippen LogP contribution in [0, 0.1) is 5.92 Å². The monoisotopic (exact) mass is 486 g/mol. The molecule has 1 amide bonds. The van der Waals surface area contributed by atoms with Gasteiger partial charge in [-0.3, -0.25) is 9.69 Å². The highest BCUT2D eigenvalue weighted by Gasteiger charge is 2.26. The summed E-state index contributed by atoms with van der Waals surface area (Å²) in [5, 5.41) is 8.29. The molecule has 0 aliphatic carbocycles. The zero-order valence-electron chi connectivity index (χ0n) is 18.6. The van der Waals surface area contributed by atoms with Gasteiger partial charge in [0.1, 0.15) is 0 Å². The van der Waals surface area contributed by atoms with E-state index in [9.17, 15) is 4.79 Å². The third kappa shape index (κ3) is 6.56. The van der Waals surface area contributed by atoms with Gasteiger partial charge < -0.3 is 9.84 Å². The van der Waals surface area contributed by atoms with Crippen LogP contribution in [-0.2, 0) is 17.8 Å². The molecule has 1 fully saturated rings. The van der Waals surface area contributed by atoms with Crippen molar-refractivity contribution >= 4 is 29.1 Å². The van der Waals surface area contributed by atoms with Crippen LogP contribution in [0.1, 0.15) is 37.6 Å². The molecule has 1 atom stereocenters. The van der Waals surface area contributed by atoms with Gasteiger partial charge in [-0.2, -0.15) is 4.98 Å². The highest BCUT2D eigenvalue weighted by Crippen LogP contribution is 2.28. The van der Waals surface area contributed by atoms with Crippen molar-refractivity contribution in [3.63, 3.8) is 0 Å². The van der Waals surface area contributed by atoms with Crippen LogP contribution in [0.4, 0.5) is 0 Å². The van der Waals surface area contributed by atoms with Gasteiger partial charge in [-0.05, 0) is 69.5 Å². The van der Waals surface area contributed by atoms with Gasteiger partial charge in [-0.25, -0.2) is 0 Å². The summed E-state index contributed by atoms with van der Waals surface area (Å²) in [4.78, 5) is 19.4. The lowest BCUT2D eigenvalue weighted by atomic mass is 9.95. The van der Waals surface area contributed by atoms with Crippen LogP contribution in [0.15, 0.2) is 53.1 Å². The first kappa shape index (κ1) is 23.7. The number of piperidine rings is 1. The van der Waals surface area contributed by atoms with Gasteiger partial charge in [0, 0.05) is 22.5 Å². The zero-order valence-corrected chi connectivity index (χ0v) is 20.1. The maximum atomic E-state index is 12.7. The second kappa shape index (κ2) is 11.1. The average Bonchev–Trinajstić information content (AvgIpc) is 3.27. The van der Waals surface area contributed by atoms with Crippen LogP contribution in [0.25, 0.3) is 11.4 Å². The number of halogens is 2. The quantitative estimate of drug-likeness (QED) is 0.461. The number of likely N-dealkylation sites (tertiary alicyclic amines) is 1. The Morgan fingerprint density at radius 1 is 1.18 bits per heavy atom. The molecule has 6 nitrogen and oxygen atoms in total. The smallest absolute Gasteiger partial charge is 0.241 e. The van der Waals surface area contributed by atoms with Gasteiger partial charge in [-0.15, -0.1) is 0 Å². The normalized spacial score (nSPS) is 16.0. The van der Waals surface area contributed by atoms with Crippen molar-refractivity contribution < 1.29 is 9.32 Å². The molecule has 1 N–H and O–H groups in total. The fourth-order valence-corrected chi connectivity index (χ4v) is 4.60. The predicted octanol–water partition coefficient (Wildman–Crippen LogP) is 5.39. The highest BCUT2D eigenvalue weighted by atomic mass is 35.5. The first-order chi connectivity index (χ1) is 16.0. The van der Waals surface area contributed by atoms with Crippen LogP contribution in [0.2, 0.25) is 10.0 Å². The van der Waals surface area contributed by atoms with Crippen LogP contribution >= 0.6 is 23.2 Å². The molecule has 174 valence electrons. The summed E-state index contributed by atoms with van der Waals surface area (Å²) in [5.74, 6) is 1.19. The summed E-state index contributed by atoms with van der Waals surface area (Å²) < 4.78 is 5.42. The molecule has 1 saturated heterocycles. The molecule has 0 radical (unpaired) electrons. The number of nitrogens with one attached hydrogen (secondary N) is 1. The number of carbonyl (C=O) groups excluding carboxylic acids is 1. The summed E-state index contributed by atoms with van der Waals surface area (Å²) in [5.41, 5.74) is 1.99. The minimum absolute atomic E-state index is 0.0477. The highest BCUT2D eigenvalue weighted by molar-refractivity contribution is 6.36. The third-order valence-electron chi connectivity index (χ3n) is 6.05. The lowest BCUT2D eigenvalue weighted by Gasteiger charge is -2.30. The number of amides is 1. The zero-order chi connectivity index (χ0) is 23.2. The molecule has 1 aliphatic rings. The summed E-state index contributed by atoms with van der Waals surface area (Å²) in [6, 6.07) is 15.7. The molecule has 2 aromatic carbocycles. The van der Waals surface area contributed by atoms with E-state index in [0.29, 0.717) is 33.9 Å². The van der Waals surface area contributed by atoms with Crippen molar-refractivity contribution in [3.05, 3.63) is 70.0 Å². The molecular formula is C25H28Cl2N4O2. The Labute approximate surface area is 204 Å². The van der Waals surface area contributed by atoms with Crippen LogP contribution < -0.4 is 5.32 Å². The van der Waals surface area contributed by atoms with E-state index in [1.807, 2.05) is 18.2 Å². The summed E-state index contributed by atoms with van der Waals surface area (Å²) in [6.45, 7) is 4.27. The van der Waals surface area contributed by atoms with Gasteiger partial charge in [0.15, 0.2) is 0 Å². The molecule has 1 aliphatic heterocycles. The van der Waals surface area contributed by atoms with E-state index in [2.05, 4.69) is 39.4 Å². The van der Waals surface area contributed by atoms with E-state index in [0.717, 1.165) is 38.8 Å². The number of carbonyl (C=O) groups is 1. The molecule has 0 saturated carbocycles. The molecule has 1 unspecified atom stereocenters. The molecule has 33 heavy (non-hydrogen) atoms. The van der Waals surface area contributed by atoms with Crippen LogP contribution in [0.5, 0.6) is 0 Å². The Morgan fingerprint density at radius 3 is 2.67 bits per heavy atom. The Bertz CT molecular complexity index is 1070. The van der Waals surface area contributed by atoms with Crippen molar-refractivity contribution in [2.45, 2.75) is 45.2 Å². The first-order valence-electron chi connectivity index (χ1n) is 11.3. The van der Waals surface area contributed by atoms with E-state index >= 15 is 0 Å². The van der Waals surface area contributed by atoms with E-state index in [-0.39, 0.29) is 17.9 Å². The van der Waals surface area contributed by atoms with Crippen molar-refractivity contribution in [1.29, 1.82) is 0 Å². The lowest BCUT2D eigenvalue weighted by Crippen LogP contribution is -2.43. The minimum Gasteiger partial charge on any atom is -0.353 e. The second-order valence-electron chi connectivity index (χ2n) is 8.62. The van der Waals surface area contributed by atoms with Crippen LogP contribution in [0.3, 0.4) is 0 Å². The standard InChI is InChI=1S/C25H28Cl2N4O2/c1-17(7-8-18-5-3-2-4-6-18)28-25(32)19-11-13-31(14-12-19)16-23-29-24(30-33-23)21-10-9-20(26)15-22(21)27/h2-6,9-10,15,17,19H,7-8,11-14,16H2,1H3,(H,28,32). The van der Waals surface area contributed by atoms with E-state index in [4.69, 9.17) is 27.7 Å². The molecule has 3 aromatic rings. The minimum atomic E-state index is 0.0477. The first-order valence-corrected chi connectivity index (χ1v) is 12.1. The number of aryl methyl sites for hydroxylation is 1. The number of hydrogen-bond donors (Lipinski definition) is 1. The average molecular weight is 487 g/mol. The van der Waals surface area contributed by atoms with Crippen molar-refractivity contribution in [2.24, 2.45) is 5.92 Å². The maximum Gasteiger partial charge on any atom is 0.241 e. The molecule has 2 heterocycles. The van der Waals surface area contributed by atoms with E-state index in [1.54, 1.807) is 18.2 Å². The van der Waals surface area contributed by atoms with Crippen molar-refractivity contribution in [3.8, 4) is 11.4 Å². The SMILES string of the molecule is CC(CCc1ccccc1)NC(=O)C1CCN(Cc2nc(-c3ccc(Cl)cc3Cl)no2)CC1. The number of nitrogens with zero attached hydrogens (tertiary/aromatic N) is 3. The topological polar surface area (TPSA) is 71.3 Å². The lowest BCUT2D eigenvalue weighted by molar-refractivity contribution is -0.127. The van der Waals surface area contributed by atoms with Gasteiger partial charge >= 0.3 is 0 Å². The number of benzene rings is 2. The maximum absolute atomic E-state index is 12.7. The molecule has 0 bridgehead atoms.